The average molecular weight is 249 g/mol. The molecule has 3 N–H and O–H groups in total. The molecular weight excluding hydrogens is 234 g/mol. The van der Waals surface area contributed by atoms with E-state index >= 15 is 0 Å². The molecule has 0 amide bonds. The summed E-state index contributed by atoms with van der Waals surface area (Å²) in [5.41, 5.74) is 2.74. The Morgan fingerprint density at radius 3 is 2.83 bits per heavy atom. The van der Waals surface area contributed by atoms with Crippen molar-refractivity contribution in [3.05, 3.63) is 34.9 Å². The van der Waals surface area contributed by atoms with E-state index in [0.29, 0.717) is 18.7 Å². The maximum Gasteiger partial charge on any atom is 0.354 e. The summed E-state index contributed by atoms with van der Waals surface area (Å²) >= 11 is 0. The van der Waals surface area contributed by atoms with E-state index in [9.17, 15) is 4.79 Å². The number of carboxylic acid groups (broad SMARTS) is 1. The van der Waals surface area contributed by atoms with Gasteiger partial charge >= 0.3 is 5.97 Å². The lowest BCUT2D eigenvalue weighted by molar-refractivity contribution is 0.0688. The average Bonchev–Trinajstić information content (AvgIpc) is 2.87. The van der Waals surface area contributed by atoms with E-state index in [4.69, 9.17) is 5.11 Å². The van der Waals surface area contributed by atoms with Crippen LogP contribution in [0.1, 0.15) is 27.4 Å². The number of hydrogen-bond acceptors (Lipinski definition) is 4. The van der Waals surface area contributed by atoms with Gasteiger partial charge in [0.1, 0.15) is 5.69 Å². The van der Waals surface area contributed by atoms with Gasteiger partial charge in [0.05, 0.1) is 11.9 Å². The molecule has 0 saturated carbocycles. The lowest BCUT2D eigenvalue weighted by Gasteiger charge is -2.14. The van der Waals surface area contributed by atoms with E-state index in [0.717, 1.165) is 11.4 Å². The molecular formula is C11H15N5O2. The third kappa shape index (κ3) is 2.75. The van der Waals surface area contributed by atoms with Crippen molar-refractivity contribution >= 4 is 5.97 Å². The van der Waals surface area contributed by atoms with Crippen molar-refractivity contribution in [2.45, 2.75) is 20.0 Å². The Morgan fingerprint density at radius 1 is 1.44 bits per heavy atom. The largest absolute Gasteiger partial charge is 0.477 e. The number of nitrogens with zero attached hydrogens (tertiary/aromatic N) is 3. The number of aromatic carboxylic acids is 1. The van der Waals surface area contributed by atoms with E-state index in [1.807, 2.05) is 24.9 Å². The molecule has 18 heavy (non-hydrogen) atoms. The molecule has 0 unspecified atom stereocenters. The molecule has 7 nitrogen and oxygen atoms in total. The fourth-order valence-corrected chi connectivity index (χ4v) is 1.79. The lowest BCUT2D eigenvalue weighted by atomic mass is 10.2. The summed E-state index contributed by atoms with van der Waals surface area (Å²) in [5.74, 6) is -0.994. The number of carboxylic acids is 1. The molecule has 7 heteroatoms. The van der Waals surface area contributed by atoms with Crippen LogP contribution in [-0.4, -0.2) is 43.4 Å². The molecule has 0 radical (unpaired) electrons. The van der Waals surface area contributed by atoms with E-state index in [1.54, 1.807) is 0 Å². The normalized spacial score (nSPS) is 11.1. The van der Waals surface area contributed by atoms with Crippen LogP contribution in [0.3, 0.4) is 0 Å². The van der Waals surface area contributed by atoms with Gasteiger partial charge < -0.3 is 5.11 Å². The highest BCUT2D eigenvalue weighted by Crippen LogP contribution is 2.10. The van der Waals surface area contributed by atoms with Gasteiger partial charge in [-0.25, -0.2) is 4.79 Å². The topological polar surface area (TPSA) is 97.9 Å². The Hall–Kier alpha value is -2.15. The Bertz CT molecular complexity index is 545. The summed E-state index contributed by atoms with van der Waals surface area (Å²) in [7, 11) is 1.91. The first kappa shape index (κ1) is 12.3. The zero-order valence-electron chi connectivity index (χ0n) is 10.3. The molecule has 0 saturated heterocycles. The van der Waals surface area contributed by atoms with E-state index < -0.39 is 5.97 Å². The molecule has 2 heterocycles. The quantitative estimate of drug-likeness (QED) is 0.727. The van der Waals surface area contributed by atoms with Crippen LogP contribution < -0.4 is 0 Å². The summed E-state index contributed by atoms with van der Waals surface area (Å²) in [5, 5.41) is 22.2. The van der Waals surface area contributed by atoms with Gasteiger partial charge in [0.15, 0.2) is 0 Å². The smallest absolute Gasteiger partial charge is 0.354 e. The second-order valence-corrected chi connectivity index (χ2v) is 4.29. The molecule has 0 aliphatic rings. The first-order valence-electron chi connectivity index (χ1n) is 5.51. The molecule has 0 fully saturated rings. The predicted molar refractivity (Wildman–Crippen MR) is 64.0 cm³/mol. The van der Waals surface area contributed by atoms with Gasteiger partial charge in [-0.15, -0.1) is 0 Å². The number of rotatable bonds is 5. The number of H-pyrrole nitrogens is 2. The van der Waals surface area contributed by atoms with E-state index in [-0.39, 0.29) is 5.69 Å². The molecule has 0 bridgehead atoms. The fourth-order valence-electron chi connectivity index (χ4n) is 1.79. The Labute approximate surface area is 104 Å². The monoisotopic (exact) mass is 249 g/mol. The van der Waals surface area contributed by atoms with Crippen molar-refractivity contribution in [3.63, 3.8) is 0 Å². The molecule has 0 atom stereocenters. The second-order valence-electron chi connectivity index (χ2n) is 4.29. The standard InChI is InChI=1S/C11H15N5O2/c1-7-3-9(14-13-7)6-16(2)5-8-4-12-15-10(8)11(17)18/h3-4H,5-6H2,1-2H3,(H,12,15)(H,13,14)(H,17,18). The van der Waals surface area contributed by atoms with E-state index in [1.165, 1.54) is 6.20 Å². The Morgan fingerprint density at radius 2 is 2.22 bits per heavy atom. The van der Waals surface area contributed by atoms with Gasteiger partial charge in [0.25, 0.3) is 0 Å². The van der Waals surface area contributed by atoms with Crippen molar-refractivity contribution < 1.29 is 9.90 Å². The zero-order valence-corrected chi connectivity index (χ0v) is 10.3. The minimum Gasteiger partial charge on any atom is -0.477 e. The highest BCUT2D eigenvalue weighted by atomic mass is 16.4. The van der Waals surface area contributed by atoms with Crippen molar-refractivity contribution in [3.8, 4) is 0 Å². The van der Waals surface area contributed by atoms with Crippen LogP contribution in [0.4, 0.5) is 0 Å². The number of nitrogens with one attached hydrogen (secondary N) is 2. The number of aromatic nitrogens is 4. The molecule has 0 aliphatic carbocycles. The van der Waals surface area contributed by atoms with Gasteiger partial charge in [-0.2, -0.15) is 10.2 Å². The first-order valence-corrected chi connectivity index (χ1v) is 5.51. The zero-order chi connectivity index (χ0) is 13.1. The maximum atomic E-state index is 10.9. The maximum absolute atomic E-state index is 10.9. The van der Waals surface area contributed by atoms with Crippen molar-refractivity contribution in [1.82, 2.24) is 25.3 Å². The van der Waals surface area contributed by atoms with Gasteiger partial charge in [0.2, 0.25) is 0 Å². The summed E-state index contributed by atoms with van der Waals surface area (Å²) in [6, 6.07) is 1.96. The number of aromatic amines is 2. The molecule has 0 spiro atoms. The fraction of sp³-hybridized carbons (Fsp3) is 0.364. The number of aryl methyl sites for hydroxylation is 1. The Kier molecular flexibility index (Phi) is 3.42. The van der Waals surface area contributed by atoms with Gasteiger partial charge in [-0.3, -0.25) is 15.1 Å². The van der Waals surface area contributed by atoms with Crippen LogP contribution in [-0.2, 0) is 13.1 Å². The van der Waals surface area contributed by atoms with Crippen LogP contribution in [0.25, 0.3) is 0 Å². The van der Waals surface area contributed by atoms with Crippen molar-refractivity contribution in [2.75, 3.05) is 7.05 Å². The van der Waals surface area contributed by atoms with Crippen LogP contribution >= 0.6 is 0 Å². The highest BCUT2D eigenvalue weighted by Gasteiger charge is 2.14. The van der Waals surface area contributed by atoms with Crippen LogP contribution in [0, 0.1) is 6.92 Å². The first-order chi connectivity index (χ1) is 8.56. The molecule has 2 aromatic heterocycles. The molecule has 2 rings (SSSR count). The number of carbonyl (C=O) groups is 1. The third-order valence-electron chi connectivity index (χ3n) is 2.56. The molecule has 2 aromatic rings. The second kappa shape index (κ2) is 5.01. The van der Waals surface area contributed by atoms with Crippen LogP contribution in [0.2, 0.25) is 0 Å². The third-order valence-corrected chi connectivity index (χ3v) is 2.56. The van der Waals surface area contributed by atoms with Crippen LogP contribution in [0.15, 0.2) is 12.3 Å². The SMILES string of the molecule is Cc1cc(CN(C)Cc2cn[nH]c2C(=O)O)n[nH]1. The summed E-state index contributed by atoms with van der Waals surface area (Å²) in [4.78, 5) is 12.9. The molecule has 0 aromatic carbocycles. The molecule has 96 valence electrons. The van der Waals surface area contributed by atoms with Crippen LogP contribution in [0.5, 0.6) is 0 Å². The summed E-state index contributed by atoms with van der Waals surface area (Å²) in [6.07, 6.45) is 1.54. The van der Waals surface area contributed by atoms with Crippen molar-refractivity contribution in [2.24, 2.45) is 0 Å². The minimum absolute atomic E-state index is 0.139. The van der Waals surface area contributed by atoms with Gasteiger partial charge in [0, 0.05) is 24.3 Å². The Balaban J connectivity index is 2.00. The highest BCUT2D eigenvalue weighted by molar-refractivity contribution is 5.86. The summed E-state index contributed by atoms with van der Waals surface area (Å²) < 4.78 is 0. The van der Waals surface area contributed by atoms with Crippen molar-refractivity contribution in [1.29, 1.82) is 0 Å². The lowest BCUT2D eigenvalue weighted by Crippen LogP contribution is -2.18. The minimum atomic E-state index is -0.994. The van der Waals surface area contributed by atoms with Gasteiger partial charge in [-0.1, -0.05) is 0 Å². The molecule has 0 aliphatic heterocycles. The summed E-state index contributed by atoms with van der Waals surface area (Å²) in [6.45, 7) is 3.09. The van der Waals surface area contributed by atoms with Gasteiger partial charge in [-0.05, 0) is 20.0 Å². The predicted octanol–water partition coefficient (Wildman–Crippen LogP) is 0.771. The van der Waals surface area contributed by atoms with E-state index in [2.05, 4.69) is 20.4 Å². The number of hydrogen-bond donors (Lipinski definition) is 3.